The molecule has 1 aromatic rings. The Bertz CT molecular complexity index is 421. The molecule has 0 N–H and O–H groups in total. The highest BCUT2D eigenvalue weighted by Gasteiger charge is 2.41. The van der Waals surface area contributed by atoms with E-state index in [1.54, 1.807) is 6.07 Å². The first-order chi connectivity index (χ1) is 7.22. The molecule has 1 aromatic carbocycles. The molecule has 4 heteroatoms. The maximum atomic E-state index is 13.4. The van der Waals surface area contributed by atoms with Crippen LogP contribution in [0.1, 0.15) is 5.56 Å². The number of ether oxygens (including phenoxy) is 2. The monoisotopic (exact) mass is 207 g/mol. The average Bonchev–Trinajstić information content (AvgIpc) is 2.17. The number of hydrogen-bond donors (Lipinski definition) is 0. The molecule has 3 nitrogen and oxygen atoms in total. The molecule has 0 unspecified atom stereocenters. The molecule has 2 rings (SSSR count). The number of halogens is 1. The van der Waals surface area contributed by atoms with Crippen LogP contribution in [-0.2, 0) is 10.2 Å². The Morgan fingerprint density at radius 1 is 1.53 bits per heavy atom. The Kier molecular flexibility index (Phi) is 2.33. The maximum Gasteiger partial charge on any atom is 0.165 e. The quantitative estimate of drug-likeness (QED) is 0.740. The normalized spacial score (nSPS) is 17.7. The van der Waals surface area contributed by atoms with Crippen molar-refractivity contribution in [1.29, 1.82) is 5.26 Å². The number of methoxy groups -OCH3 is 1. The van der Waals surface area contributed by atoms with E-state index in [0.29, 0.717) is 18.8 Å². The predicted octanol–water partition coefficient (Wildman–Crippen LogP) is 1.63. The van der Waals surface area contributed by atoms with Gasteiger partial charge in [0.15, 0.2) is 11.6 Å². The Labute approximate surface area is 87.0 Å². The van der Waals surface area contributed by atoms with Crippen LogP contribution in [0.5, 0.6) is 5.75 Å². The zero-order valence-electron chi connectivity index (χ0n) is 8.29. The number of hydrogen-bond acceptors (Lipinski definition) is 3. The van der Waals surface area contributed by atoms with Gasteiger partial charge in [0, 0.05) is 0 Å². The summed E-state index contributed by atoms with van der Waals surface area (Å²) < 4.78 is 23.2. The van der Waals surface area contributed by atoms with Crippen molar-refractivity contribution in [2.75, 3.05) is 20.3 Å². The van der Waals surface area contributed by atoms with Gasteiger partial charge in [-0.15, -0.1) is 0 Å². The van der Waals surface area contributed by atoms with Crippen LogP contribution in [0.4, 0.5) is 4.39 Å². The molecular formula is C11H10FNO2. The lowest BCUT2D eigenvalue weighted by molar-refractivity contribution is -0.0299. The molecule has 0 amide bonds. The number of benzene rings is 1. The minimum atomic E-state index is -0.674. The molecule has 1 fully saturated rings. The Balaban J connectivity index is 2.38. The first-order valence-corrected chi connectivity index (χ1v) is 4.55. The van der Waals surface area contributed by atoms with Crippen LogP contribution < -0.4 is 4.74 Å². The maximum absolute atomic E-state index is 13.4. The molecule has 0 spiro atoms. The summed E-state index contributed by atoms with van der Waals surface area (Å²) in [5.41, 5.74) is -0.0258. The molecule has 0 bridgehead atoms. The van der Waals surface area contributed by atoms with Crippen molar-refractivity contribution in [2.45, 2.75) is 5.41 Å². The highest BCUT2D eigenvalue weighted by molar-refractivity contribution is 5.39. The Morgan fingerprint density at radius 2 is 2.27 bits per heavy atom. The van der Waals surface area contributed by atoms with Gasteiger partial charge in [0.25, 0.3) is 0 Å². The van der Waals surface area contributed by atoms with Crippen molar-refractivity contribution < 1.29 is 13.9 Å². The molecule has 78 valence electrons. The second-order valence-corrected chi connectivity index (χ2v) is 3.54. The third kappa shape index (κ3) is 1.45. The van der Waals surface area contributed by atoms with Crippen LogP contribution in [0.2, 0.25) is 0 Å². The zero-order chi connectivity index (χ0) is 10.9. The minimum absolute atomic E-state index is 0.187. The van der Waals surface area contributed by atoms with Gasteiger partial charge < -0.3 is 9.47 Å². The van der Waals surface area contributed by atoms with Crippen LogP contribution >= 0.6 is 0 Å². The van der Waals surface area contributed by atoms with Crippen molar-refractivity contribution in [3.05, 3.63) is 29.6 Å². The summed E-state index contributed by atoms with van der Waals surface area (Å²) in [6.07, 6.45) is 0. The van der Waals surface area contributed by atoms with Crippen molar-refractivity contribution in [2.24, 2.45) is 0 Å². The summed E-state index contributed by atoms with van der Waals surface area (Å²) in [7, 11) is 1.41. The molecule has 15 heavy (non-hydrogen) atoms. The summed E-state index contributed by atoms with van der Waals surface area (Å²) in [5.74, 6) is -0.261. The summed E-state index contributed by atoms with van der Waals surface area (Å²) in [6, 6.07) is 6.73. The van der Waals surface area contributed by atoms with Crippen LogP contribution in [0, 0.1) is 17.1 Å². The molecule has 0 radical (unpaired) electrons. The largest absolute Gasteiger partial charge is 0.494 e. The second kappa shape index (κ2) is 3.52. The van der Waals surface area contributed by atoms with Gasteiger partial charge in [0.2, 0.25) is 0 Å². The van der Waals surface area contributed by atoms with Crippen molar-refractivity contribution >= 4 is 0 Å². The highest BCUT2D eigenvalue weighted by atomic mass is 19.1. The molecule has 0 aromatic heterocycles. The standard InChI is InChI=1S/C11H10FNO2/c1-14-10-3-2-8(4-9(10)12)11(5-13)6-15-7-11/h2-4H,6-7H2,1H3. The highest BCUT2D eigenvalue weighted by Crippen LogP contribution is 2.33. The predicted molar refractivity (Wildman–Crippen MR) is 51.1 cm³/mol. The lowest BCUT2D eigenvalue weighted by atomic mass is 9.80. The smallest absolute Gasteiger partial charge is 0.165 e. The van der Waals surface area contributed by atoms with E-state index in [4.69, 9.17) is 14.7 Å². The van der Waals surface area contributed by atoms with E-state index in [1.807, 2.05) is 0 Å². The van der Waals surface area contributed by atoms with Gasteiger partial charge in [0.1, 0.15) is 5.41 Å². The SMILES string of the molecule is COc1ccc(C2(C#N)COC2)cc1F. The van der Waals surface area contributed by atoms with Crippen molar-refractivity contribution in [3.63, 3.8) is 0 Å². The molecule has 1 saturated heterocycles. The number of nitriles is 1. The Hall–Kier alpha value is -1.60. The van der Waals surface area contributed by atoms with Crippen LogP contribution in [-0.4, -0.2) is 20.3 Å². The summed E-state index contributed by atoms with van der Waals surface area (Å²) in [6.45, 7) is 0.657. The van der Waals surface area contributed by atoms with Crippen LogP contribution in [0.25, 0.3) is 0 Å². The van der Waals surface area contributed by atoms with Crippen molar-refractivity contribution in [3.8, 4) is 11.8 Å². The van der Waals surface area contributed by atoms with Crippen molar-refractivity contribution in [1.82, 2.24) is 0 Å². The fourth-order valence-electron chi connectivity index (χ4n) is 1.57. The molecule has 1 aliphatic rings. The fourth-order valence-corrected chi connectivity index (χ4v) is 1.57. The first-order valence-electron chi connectivity index (χ1n) is 4.55. The van der Waals surface area contributed by atoms with Gasteiger partial charge in [-0.1, -0.05) is 6.07 Å². The summed E-state index contributed by atoms with van der Waals surface area (Å²) in [5, 5.41) is 9.02. The van der Waals surface area contributed by atoms with Gasteiger partial charge in [-0.05, 0) is 17.7 Å². The van der Waals surface area contributed by atoms with E-state index in [-0.39, 0.29) is 5.75 Å². The third-order valence-electron chi connectivity index (χ3n) is 2.62. The van der Waals surface area contributed by atoms with Gasteiger partial charge in [-0.25, -0.2) is 4.39 Å². The zero-order valence-corrected chi connectivity index (χ0v) is 8.29. The summed E-state index contributed by atoms with van der Waals surface area (Å²) >= 11 is 0. The second-order valence-electron chi connectivity index (χ2n) is 3.54. The van der Waals surface area contributed by atoms with Crippen LogP contribution in [0.3, 0.4) is 0 Å². The molecule has 0 saturated carbocycles. The fraction of sp³-hybridized carbons (Fsp3) is 0.364. The first kappa shape index (κ1) is 9.94. The summed E-state index contributed by atoms with van der Waals surface area (Å²) in [4.78, 5) is 0. The van der Waals surface area contributed by atoms with E-state index in [1.165, 1.54) is 19.2 Å². The van der Waals surface area contributed by atoms with Gasteiger partial charge in [-0.2, -0.15) is 5.26 Å². The number of rotatable bonds is 2. The van der Waals surface area contributed by atoms with Gasteiger partial charge in [-0.3, -0.25) is 0 Å². The molecule has 1 aliphatic heterocycles. The lowest BCUT2D eigenvalue weighted by Crippen LogP contribution is -2.45. The van der Waals surface area contributed by atoms with E-state index >= 15 is 0 Å². The van der Waals surface area contributed by atoms with Gasteiger partial charge in [0.05, 0.1) is 26.4 Å². The van der Waals surface area contributed by atoms with E-state index in [9.17, 15) is 4.39 Å². The van der Waals surface area contributed by atoms with E-state index in [0.717, 1.165) is 0 Å². The molecular weight excluding hydrogens is 197 g/mol. The van der Waals surface area contributed by atoms with Crippen LogP contribution in [0.15, 0.2) is 18.2 Å². The van der Waals surface area contributed by atoms with E-state index < -0.39 is 11.2 Å². The molecule has 1 heterocycles. The van der Waals surface area contributed by atoms with E-state index in [2.05, 4.69) is 6.07 Å². The molecule has 0 atom stereocenters. The number of nitrogens with zero attached hydrogens (tertiary/aromatic N) is 1. The third-order valence-corrected chi connectivity index (χ3v) is 2.62. The lowest BCUT2D eigenvalue weighted by Gasteiger charge is -2.35. The average molecular weight is 207 g/mol. The Morgan fingerprint density at radius 3 is 2.67 bits per heavy atom. The topological polar surface area (TPSA) is 42.2 Å². The molecule has 0 aliphatic carbocycles. The minimum Gasteiger partial charge on any atom is -0.494 e. The van der Waals surface area contributed by atoms with Gasteiger partial charge >= 0.3 is 0 Å².